The van der Waals surface area contributed by atoms with Crippen molar-refractivity contribution in [1.29, 1.82) is 0 Å². The maximum atomic E-state index is 14.3. The molecule has 3 aromatic rings. The number of aromatic nitrogens is 2. The Morgan fingerprint density at radius 2 is 1.68 bits per heavy atom. The van der Waals surface area contributed by atoms with Gasteiger partial charge in [-0.1, -0.05) is 35.3 Å². The lowest BCUT2D eigenvalue weighted by molar-refractivity contribution is -0.140. The molecule has 218 valence electrons. The normalized spacial score (nSPS) is 19.8. The van der Waals surface area contributed by atoms with Gasteiger partial charge < -0.3 is 14.7 Å². The second kappa shape index (κ2) is 12.0. The van der Waals surface area contributed by atoms with E-state index in [-0.39, 0.29) is 24.5 Å². The van der Waals surface area contributed by atoms with Crippen LogP contribution in [-0.2, 0) is 12.7 Å². The van der Waals surface area contributed by atoms with Crippen molar-refractivity contribution in [2.24, 2.45) is 0 Å². The third-order valence-electron chi connectivity index (χ3n) is 7.65. The Hall–Kier alpha value is -3.15. The van der Waals surface area contributed by atoms with Crippen LogP contribution in [0.3, 0.4) is 0 Å². The van der Waals surface area contributed by atoms with Crippen molar-refractivity contribution in [3.63, 3.8) is 0 Å². The minimum Gasteiger partial charge on any atom is -0.337 e. The third kappa shape index (κ3) is 6.52. The van der Waals surface area contributed by atoms with E-state index in [1.54, 1.807) is 40.4 Å². The zero-order valence-electron chi connectivity index (χ0n) is 22.2. The Balaban J connectivity index is 1.32. The Labute approximate surface area is 245 Å². The van der Waals surface area contributed by atoms with E-state index in [0.717, 1.165) is 17.7 Å². The molecule has 2 atom stereocenters. The van der Waals surface area contributed by atoms with Crippen LogP contribution in [0.5, 0.6) is 0 Å². The van der Waals surface area contributed by atoms with Crippen molar-refractivity contribution >= 4 is 35.2 Å². The number of benzene rings is 2. The molecule has 0 saturated carbocycles. The van der Waals surface area contributed by atoms with Crippen LogP contribution in [0, 0.1) is 5.82 Å². The van der Waals surface area contributed by atoms with Crippen molar-refractivity contribution in [3.8, 4) is 0 Å². The molecule has 0 spiro atoms. The number of urea groups is 1. The number of likely N-dealkylation sites (tertiary alicyclic amines) is 1. The lowest BCUT2D eigenvalue weighted by atomic mass is 9.93. The van der Waals surface area contributed by atoms with E-state index in [1.807, 2.05) is 22.9 Å². The van der Waals surface area contributed by atoms with Crippen molar-refractivity contribution < 1.29 is 22.4 Å². The lowest BCUT2D eigenvalue weighted by Gasteiger charge is -2.36. The quantitative estimate of drug-likeness (QED) is 0.343. The van der Waals surface area contributed by atoms with E-state index in [0.29, 0.717) is 60.8 Å². The van der Waals surface area contributed by atoms with Gasteiger partial charge in [-0.2, -0.15) is 13.2 Å². The first-order chi connectivity index (χ1) is 19.5. The minimum atomic E-state index is -4.76. The standard InChI is InChI=1S/C28H28Cl2F4N6O/c1-37(15-18-3-5-21(24(31)13-18)28(32,33)34)25-17-40(16-20(25)19-4-6-22(29)23(30)14-19)27(41)39-11-9-38(10-12-39)26-35-7-2-8-36-26/h2-8,13-14,20,25H,9-12,15-17H2,1H3/t20-,25+/m1/s1. The van der Waals surface area contributed by atoms with Gasteiger partial charge in [0.25, 0.3) is 0 Å². The van der Waals surface area contributed by atoms with Gasteiger partial charge >= 0.3 is 12.2 Å². The van der Waals surface area contributed by atoms with Gasteiger partial charge in [0.05, 0.1) is 15.6 Å². The van der Waals surface area contributed by atoms with E-state index in [1.165, 1.54) is 6.07 Å². The molecule has 0 N–H and O–H groups in total. The van der Waals surface area contributed by atoms with E-state index in [4.69, 9.17) is 23.2 Å². The number of rotatable bonds is 5. The molecule has 2 aromatic carbocycles. The number of hydrogen-bond acceptors (Lipinski definition) is 5. The highest BCUT2D eigenvalue weighted by atomic mass is 35.5. The highest BCUT2D eigenvalue weighted by Crippen LogP contribution is 2.36. The molecule has 2 saturated heterocycles. The molecule has 41 heavy (non-hydrogen) atoms. The van der Waals surface area contributed by atoms with Crippen LogP contribution >= 0.6 is 23.2 Å². The molecule has 2 aliphatic rings. The molecule has 0 unspecified atom stereocenters. The fourth-order valence-corrected chi connectivity index (χ4v) is 5.81. The number of nitrogens with zero attached hydrogens (tertiary/aromatic N) is 6. The Bertz CT molecular complexity index is 1390. The van der Waals surface area contributed by atoms with Crippen LogP contribution in [0.4, 0.5) is 28.3 Å². The summed E-state index contributed by atoms with van der Waals surface area (Å²) in [7, 11) is 1.82. The molecule has 2 fully saturated rings. The zero-order valence-corrected chi connectivity index (χ0v) is 23.7. The number of likely N-dealkylation sites (N-methyl/N-ethyl adjacent to an activating group) is 1. The van der Waals surface area contributed by atoms with Crippen LogP contribution in [0.25, 0.3) is 0 Å². The van der Waals surface area contributed by atoms with Gasteiger partial charge in [-0.3, -0.25) is 4.90 Å². The predicted octanol–water partition coefficient (Wildman–Crippen LogP) is 5.78. The van der Waals surface area contributed by atoms with E-state index < -0.39 is 17.6 Å². The van der Waals surface area contributed by atoms with Gasteiger partial charge in [0.2, 0.25) is 5.95 Å². The maximum absolute atomic E-state index is 14.3. The molecular weight excluding hydrogens is 583 g/mol. The summed E-state index contributed by atoms with van der Waals surface area (Å²) in [5.41, 5.74) is -0.0136. The predicted molar refractivity (Wildman–Crippen MR) is 149 cm³/mol. The minimum absolute atomic E-state index is 0.0971. The Kier molecular flexibility index (Phi) is 8.58. The van der Waals surface area contributed by atoms with Crippen LogP contribution in [0.1, 0.15) is 22.6 Å². The van der Waals surface area contributed by atoms with E-state index >= 15 is 0 Å². The van der Waals surface area contributed by atoms with Crippen molar-refractivity contribution in [2.45, 2.75) is 24.7 Å². The number of amides is 2. The van der Waals surface area contributed by atoms with Gasteiger partial charge in [-0.15, -0.1) is 0 Å². The summed E-state index contributed by atoms with van der Waals surface area (Å²) in [5.74, 6) is -0.841. The van der Waals surface area contributed by atoms with Gasteiger partial charge in [-0.05, 0) is 48.5 Å². The van der Waals surface area contributed by atoms with E-state index in [9.17, 15) is 22.4 Å². The van der Waals surface area contributed by atoms with Crippen LogP contribution < -0.4 is 4.90 Å². The Morgan fingerprint density at radius 1 is 0.976 bits per heavy atom. The Morgan fingerprint density at radius 3 is 2.32 bits per heavy atom. The van der Waals surface area contributed by atoms with Crippen molar-refractivity contribution in [3.05, 3.63) is 87.4 Å². The smallest absolute Gasteiger partial charge is 0.337 e. The summed E-state index contributed by atoms with van der Waals surface area (Å²) in [6.07, 6.45) is -1.40. The summed E-state index contributed by atoms with van der Waals surface area (Å²) in [6, 6.07) is 9.76. The van der Waals surface area contributed by atoms with Crippen molar-refractivity contribution in [2.75, 3.05) is 51.2 Å². The van der Waals surface area contributed by atoms with Crippen LogP contribution in [0.15, 0.2) is 54.9 Å². The number of carbonyl (C=O) groups is 1. The van der Waals surface area contributed by atoms with Gasteiger partial charge in [-0.25, -0.2) is 19.2 Å². The highest BCUT2D eigenvalue weighted by Gasteiger charge is 2.41. The zero-order chi connectivity index (χ0) is 29.3. The second-order valence-electron chi connectivity index (χ2n) is 10.3. The number of carbonyl (C=O) groups excluding carboxylic acids is 1. The summed E-state index contributed by atoms with van der Waals surface area (Å²) in [5, 5.41) is 0.797. The number of anilines is 1. The van der Waals surface area contributed by atoms with Gasteiger partial charge in [0.15, 0.2) is 0 Å². The fourth-order valence-electron chi connectivity index (χ4n) is 5.50. The molecule has 0 bridgehead atoms. The lowest BCUT2D eigenvalue weighted by Crippen LogP contribution is -2.53. The molecule has 1 aromatic heterocycles. The SMILES string of the molecule is CN(Cc1ccc(C(F)(F)F)c(F)c1)[C@H]1CN(C(=O)N2CCN(c3ncccn3)CC2)C[C@@H]1c1ccc(Cl)c(Cl)c1. The first-order valence-electron chi connectivity index (χ1n) is 13.1. The average molecular weight is 611 g/mol. The highest BCUT2D eigenvalue weighted by molar-refractivity contribution is 6.42. The molecule has 3 heterocycles. The summed E-state index contributed by atoms with van der Waals surface area (Å²) >= 11 is 12.5. The number of halogens is 6. The monoisotopic (exact) mass is 610 g/mol. The summed E-state index contributed by atoms with van der Waals surface area (Å²) < 4.78 is 53.4. The van der Waals surface area contributed by atoms with E-state index in [2.05, 4.69) is 9.97 Å². The molecule has 5 rings (SSSR count). The van der Waals surface area contributed by atoms with Gasteiger partial charge in [0.1, 0.15) is 5.82 Å². The molecule has 7 nitrogen and oxygen atoms in total. The summed E-state index contributed by atoms with van der Waals surface area (Å²) in [4.78, 5) is 29.8. The largest absolute Gasteiger partial charge is 0.419 e. The first kappa shape index (κ1) is 29.3. The van der Waals surface area contributed by atoms with Gasteiger partial charge in [0, 0.05) is 70.2 Å². The number of alkyl halides is 3. The molecular formula is C28H28Cl2F4N6O. The molecule has 13 heteroatoms. The molecule has 2 aliphatic heterocycles. The molecule has 2 amide bonds. The number of hydrogen-bond donors (Lipinski definition) is 0. The first-order valence-corrected chi connectivity index (χ1v) is 13.8. The summed E-state index contributed by atoms with van der Waals surface area (Å²) in [6.45, 7) is 3.20. The second-order valence-corrected chi connectivity index (χ2v) is 11.1. The average Bonchev–Trinajstić information content (AvgIpc) is 3.40. The van der Waals surface area contributed by atoms with Crippen LogP contribution in [-0.4, -0.2) is 83.1 Å². The molecule has 0 aliphatic carbocycles. The topological polar surface area (TPSA) is 55.8 Å². The third-order valence-corrected chi connectivity index (χ3v) is 8.39. The van der Waals surface area contributed by atoms with Crippen molar-refractivity contribution in [1.82, 2.24) is 24.7 Å². The molecule has 0 radical (unpaired) electrons. The maximum Gasteiger partial charge on any atom is 0.419 e. The number of piperazine rings is 1. The fraction of sp³-hybridized carbons (Fsp3) is 0.393. The van der Waals surface area contributed by atoms with Crippen LogP contribution in [0.2, 0.25) is 10.0 Å².